The van der Waals surface area contributed by atoms with Gasteiger partial charge in [-0.25, -0.2) is 0 Å². The van der Waals surface area contributed by atoms with Gasteiger partial charge in [-0.3, -0.25) is 4.79 Å². The number of hydrogen-bond donors (Lipinski definition) is 2. The van der Waals surface area contributed by atoms with Gasteiger partial charge >= 0.3 is 0 Å². The lowest BCUT2D eigenvalue weighted by molar-refractivity contribution is -0.113. The summed E-state index contributed by atoms with van der Waals surface area (Å²) in [6.07, 6.45) is 0. The van der Waals surface area contributed by atoms with Crippen LogP contribution in [-0.2, 0) is 4.79 Å². The molecule has 0 unspecified atom stereocenters. The van der Waals surface area contributed by atoms with Crippen molar-refractivity contribution in [2.24, 2.45) is 5.73 Å². The maximum Gasteiger partial charge on any atom is 0.234 e. The van der Waals surface area contributed by atoms with Crippen LogP contribution in [0.25, 0.3) is 0 Å². The van der Waals surface area contributed by atoms with Gasteiger partial charge in [0.05, 0.1) is 18.0 Å². The minimum Gasteiger partial charge on any atom is -0.324 e. The van der Waals surface area contributed by atoms with Crippen LogP contribution in [0.4, 0.5) is 5.69 Å². The van der Waals surface area contributed by atoms with Crippen LogP contribution in [-0.4, -0.2) is 23.0 Å². The summed E-state index contributed by atoms with van der Waals surface area (Å²) in [5.74, 6) is 6.02. The normalized spacial score (nSPS) is 10.7. The van der Waals surface area contributed by atoms with E-state index >= 15 is 0 Å². The van der Waals surface area contributed by atoms with Gasteiger partial charge in [-0.1, -0.05) is 44.2 Å². The molecule has 0 saturated carbocycles. The van der Waals surface area contributed by atoms with E-state index in [1.165, 1.54) is 0 Å². The van der Waals surface area contributed by atoms with Gasteiger partial charge in [0.1, 0.15) is 0 Å². The molecule has 0 heterocycles. The highest BCUT2D eigenvalue weighted by molar-refractivity contribution is 8.01. The van der Waals surface area contributed by atoms with Crippen molar-refractivity contribution in [1.29, 1.82) is 0 Å². The molecule has 3 N–H and O–H groups in total. The standard InChI is InChI=1S/C15H19ClN2OS/c1-15(2,3)20-10-14(19)18-13-7-6-12(16)9-11(13)5-4-8-17/h6-7,9H,8,10,17H2,1-3H3,(H,18,19). The molecule has 0 saturated heterocycles. The second-order valence-electron chi connectivity index (χ2n) is 5.15. The van der Waals surface area contributed by atoms with E-state index in [9.17, 15) is 4.79 Å². The lowest BCUT2D eigenvalue weighted by Crippen LogP contribution is -2.19. The van der Waals surface area contributed by atoms with Crippen molar-refractivity contribution in [3.8, 4) is 11.8 Å². The number of halogens is 1. The van der Waals surface area contributed by atoms with Crippen LogP contribution in [0.3, 0.4) is 0 Å². The maximum absolute atomic E-state index is 11.9. The molecule has 0 aromatic heterocycles. The molecule has 20 heavy (non-hydrogen) atoms. The lowest BCUT2D eigenvalue weighted by Gasteiger charge is -2.17. The molecule has 0 atom stereocenters. The predicted octanol–water partition coefficient (Wildman–Crippen LogP) is 3.12. The summed E-state index contributed by atoms with van der Waals surface area (Å²) in [6, 6.07) is 5.20. The van der Waals surface area contributed by atoms with Gasteiger partial charge in [-0.05, 0) is 18.2 Å². The van der Waals surface area contributed by atoms with Crippen molar-refractivity contribution in [2.75, 3.05) is 17.6 Å². The minimum absolute atomic E-state index is 0.0527. The van der Waals surface area contributed by atoms with Gasteiger partial charge in [0.25, 0.3) is 0 Å². The first-order chi connectivity index (χ1) is 9.31. The van der Waals surface area contributed by atoms with Crippen LogP contribution in [0.1, 0.15) is 26.3 Å². The second-order valence-corrected chi connectivity index (χ2v) is 7.38. The zero-order chi connectivity index (χ0) is 15.2. The quantitative estimate of drug-likeness (QED) is 0.843. The van der Waals surface area contributed by atoms with Crippen molar-refractivity contribution < 1.29 is 4.79 Å². The van der Waals surface area contributed by atoms with Crippen molar-refractivity contribution in [3.05, 3.63) is 28.8 Å². The Kier molecular flexibility index (Phi) is 6.41. The number of carbonyl (C=O) groups excluding carboxylic acids is 1. The van der Waals surface area contributed by atoms with Crippen LogP contribution < -0.4 is 11.1 Å². The zero-order valence-corrected chi connectivity index (χ0v) is 13.5. The third kappa shape index (κ3) is 6.33. The van der Waals surface area contributed by atoms with E-state index in [-0.39, 0.29) is 17.2 Å². The Hall–Kier alpha value is -1.15. The number of benzene rings is 1. The average molecular weight is 311 g/mol. The summed E-state index contributed by atoms with van der Waals surface area (Å²) >= 11 is 7.53. The molecule has 1 aromatic rings. The highest BCUT2D eigenvalue weighted by atomic mass is 35.5. The first-order valence-corrected chi connectivity index (χ1v) is 7.60. The molecule has 108 valence electrons. The fourth-order valence-corrected chi connectivity index (χ4v) is 2.15. The smallest absolute Gasteiger partial charge is 0.234 e. The van der Waals surface area contributed by atoms with Crippen molar-refractivity contribution >= 4 is 35.0 Å². The molecule has 0 radical (unpaired) electrons. The fraction of sp³-hybridized carbons (Fsp3) is 0.400. The van der Waals surface area contributed by atoms with Gasteiger partial charge in [-0.15, -0.1) is 11.8 Å². The van der Waals surface area contributed by atoms with Gasteiger partial charge in [0.15, 0.2) is 0 Å². The monoisotopic (exact) mass is 310 g/mol. The molecule has 0 aliphatic rings. The Morgan fingerprint density at radius 3 is 2.75 bits per heavy atom. The first kappa shape index (κ1) is 16.9. The molecule has 1 aromatic carbocycles. The van der Waals surface area contributed by atoms with E-state index in [4.69, 9.17) is 17.3 Å². The van der Waals surface area contributed by atoms with Crippen LogP contribution in [0.5, 0.6) is 0 Å². The molecular formula is C15H19ClN2OS. The Morgan fingerprint density at radius 2 is 2.15 bits per heavy atom. The van der Waals surface area contributed by atoms with Crippen molar-refractivity contribution in [1.82, 2.24) is 0 Å². The predicted molar refractivity (Wildman–Crippen MR) is 88.2 cm³/mol. The van der Waals surface area contributed by atoms with Gasteiger partial charge in [-0.2, -0.15) is 0 Å². The number of anilines is 1. The van der Waals surface area contributed by atoms with Crippen LogP contribution in [0.15, 0.2) is 18.2 Å². The van der Waals surface area contributed by atoms with E-state index in [2.05, 4.69) is 37.9 Å². The number of nitrogens with two attached hydrogens (primary N) is 1. The Labute approximate surface area is 129 Å². The number of hydrogen-bond acceptors (Lipinski definition) is 3. The molecule has 0 aliphatic heterocycles. The molecule has 5 heteroatoms. The summed E-state index contributed by atoms with van der Waals surface area (Å²) < 4.78 is 0.0551. The minimum atomic E-state index is -0.0527. The van der Waals surface area contributed by atoms with Crippen molar-refractivity contribution in [3.63, 3.8) is 0 Å². The highest BCUT2D eigenvalue weighted by Crippen LogP contribution is 2.24. The number of rotatable bonds is 3. The van der Waals surface area contributed by atoms with E-state index in [1.807, 2.05) is 0 Å². The van der Waals surface area contributed by atoms with Gasteiger partial charge < -0.3 is 11.1 Å². The second kappa shape index (κ2) is 7.58. The van der Waals surface area contributed by atoms with E-state index in [0.717, 1.165) is 0 Å². The molecule has 0 spiro atoms. The molecular weight excluding hydrogens is 292 g/mol. The van der Waals surface area contributed by atoms with Gasteiger partial charge in [0, 0.05) is 15.3 Å². The van der Waals surface area contributed by atoms with E-state index < -0.39 is 0 Å². The summed E-state index contributed by atoms with van der Waals surface area (Å²) in [6.45, 7) is 6.49. The van der Waals surface area contributed by atoms with E-state index in [0.29, 0.717) is 22.0 Å². The topological polar surface area (TPSA) is 55.1 Å². The van der Waals surface area contributed by atoms with E-state index in [1.54, 1.807) is 30.0 Å². The summed E-state index contributed by atoms with van der Waals surface area (Å²) in [5.41, 5.74) is 6.70. The number of nitrogens with one attached hydrogen (secondary N) is 1. The fourth-order valence-electron chi connectivity index (χ4n) is 1.34. The average Bonchev–Trinajstić information content (AvgIpc) is 2.36. The zero-order valence-electron chi connectivity index (χ0n) is 11.9. The first-order valence-electron chi connectivity index (χ1n) is 6.24. The molecule has 0 fully saturated rings. The summed E-state index contributed by atoms with van der Waals surface area (Å²) in [5, 5.41) is 3.43. The lowest BCUT2D eigenvalue weighted by atomic mass is 10.2. The molecule has 0 bridgehead atoms. The molecule has 3 nitrogen and oxygen atoms in total. The SMILES string of the molecule is CC(C)(C)SCC(=O)Nc1ccc(Cl)cc1C#CCN. The van der Waals surface area contributed by atoms with Crippen LogP contribution in [0, 0.1) is 11.8 Å². The summed E-state index contributed by atoms with van der Waals surface area (Å²) in [7, 11) is 0. The van der Waals surface area contributed by atoms with Crippen LogP contribution >= 0.6 is 23.4 Å². The van der Waals surface area contributed by atoms with Gasteiger partial charge in [0.2, 0.25) is 5.91 Å². The molecule has 1 rings (SSSR count). The third-order valence-electron chi connectivity index (χ3n) is 2.22. The highest BCUT2D eigenvalue weighted by Gasteiger charge is 2.14. The largest absolute Gasteiger partial charge is 0.324 e. The number of thioether (sulfide) groups is 1. The maximum atomic E-state index is 11.9. The van der Waals surface area contributed by atoms with Crippen molar-refractivity contribution in [2.45, 2.75) is 25.5 Å². The van der Waals surface area contributed by atoms with Crippen LogP contribution in [0.2, 0.25) is 5.02 Å². The summed E-state index contributed by atoms with van der Waals surface area (Å²) in [4.78, 5) is 11.9. The Balaban J connectivity index is 2.79. The Morgan fingerprint density at radius 1 is 1.45 bits per heavy atom. The molecule has 1 amide bonds. The Bertz CT molecular complexity index is 541. The molecule has 0 aliphatic carbocycles. The number of amides is 1. The number of carbonyl (C=O) groups is 1. The third-order valence-corrected chi connectivity index (χ3v) is 3.72.